The number of thioether (sulfide) groups is 4. The van der Waals surface area contributed by atoms with E-state index in [2.05, 4.69) is 24.4 Å². The molecule has 0 aliphatic carbocycles. The Bertz CT molecular complexity index is 166. The van der Waals surface area contributed by atoms with E-state index in [1.165, 1.54) is 30.1 Å². The Labute approximate surface area is 134 Å². The van der Waals surface area contributed by atoms with Crippen molar-refractivity contribution in [1.29, 1.82) is 0 Å². The van der Waals surface area contributed by atoms with Gasteiger partial charge in [-0.2, -0.15) is 0 Å². The van der Waals surface area contributed by atoms with Gasteiger partial charge in [-0.15, -0.1) is 0 Å². The molecule has 2 rings (SSSR count). The summed E-state index contributed by atoms with van der Waals surface area (Å²) in [6.07, 6.45) is 0. The maximum Gasteiger partial charge on any atom is 0.289 e. The Morgan fingerprint density at radius 1 is 0.800 bits per heavy atom. The third-order valence-corrected chi connectivity index (χ3v) is 7.17. The number of rotatable bonds is 0. The van der Waals surface area contributed by atoms with E-state index in [9.17, 15) is 0 Å². The SMILES string of the molecule is [Cl][Ru][Cl].[SH+]=C1SCCS1.[SH+]=C1SCCS1. The molecule has 0 aromatic heterocycles. The minimum Gasteiger partial charge on any atom is -0.0571 e. The van der Waals surface area contributed by atoms with Crippen LogP contribution in [0, 0.1) is 0 Å². The molecule has 2 saturated heterocycles. The standard InChI is InChI=1S/2C3H4S3.2ClH.Ru/c2*4-3-5-1-2-6-3;;;/h2*1-2H2;2*1H;/q;;;;+2. The Hall–Kier alpha value is 2.78. The molecular formula is C6H10Cl2RuS6+2. The molecule has 0 N–H and O–H groups in total. The van der Waals surface area contributed by atoms with E-state index in [4.69, 9.17) is 19.4 Å². The molecule has 0 spiro atoms. The third-order valence-electron chi connectivity index (χ3n) is 1.07. The molecular weight excluding hydrogens is 436 g/mol. The fourth-order valence-electron chi connectivity index (χ4n) is 0.599. The minimum atomic E-state index is -0.346. The zero-order valence-electron chi connectivity index (χ0n) is 7.47. The van der Waals surface area contributed by atoms with Crippen LogP contribution in [0.1, 0.15) is 0 Å². The molecule has 2 aliphatic rings. The van der Waals surface area contributed by atoms with E-state index in [0.29, 0.717) is 0 Å². The summed E-state index contributed by atoms with van der Waals surface area (Å²) < 4.78 is 2.46. The normalized spacial score (nSPS) is 19.3. The van der Waals surface area contributed by atoms with Crippen LogP contribution in [-0.2, 0) is 39.6 Å². The van der Waals surface area contributed by atoms with Gasteiger partial charge in [-0.3, -0.25) is 0 Å². The van der Waals surface area contributed by atoms with E-state index in [1.807, 2.05) is 47.0 Å². The zero-order valence-corrected chi connectivity index (χ0v) is 15.8. The minimum absolute atomic E-state index is 0.346. The summed E-state index contributed by atoms with van der Waals surface area (Å²) in [4.78, 5) is 0. The molecule has 2 fully saturated rings. The van der Waals surface area contributed by atoms with Crippen molar-refractivity contribution < 1.29 is 15.1 Å². The second kappa shape index (κ2) is 13.2. The molecule has 0 nitrogen and oxygen atoms in total. The fourth-order valence-corrected chi connectivity index (χ4v) is 5.39. The van der Waals surface area contributed by atoms with Gasteiger partial charge in [0.15, 0.2) is 24.4 Å². The van der Waals surface area contributed by atoms with Crippen LogP contribution in [0.5, 0.6) is 0 Å². The van der Waals surface area contributed by atoms with Gasteiger partial charge in [0.25, 0.3) is 7.06 Å². The maximum atomic E-state index is 4.85. The summed E-state index contributed by atoms with van der Waals surface area (Å²) in [6.45, 7) is 0. The quantitative estimate of drug-likeness (QED) is 0.243. The van der Waals surface area contributed by atoms with Gasteiger partial charge in [-0.25, -0.2) is 0 Å². The molecule has 15 heavy (non-hydrogen) atoms. The Morgan fingerprint density at radius 3 is 1.07 bits per heavy atom. The first-order valence-corrected chi connectivity index (χ1v) is 13.0. The molecule has 2 aliphatic heterocycles. The summed E-state index contributed by atoms with van der Waals surface area (Å²) in [5.41, 5.74) is 0. The molecule has 0 aromatic carbocycles. The molecule has 0 aromatic rings. The van der Waals surface area contributed by atoms with Crippen molar-refractivity contribution in [3.8, 4) is 0 Å². The Kier molecular flexibility index (Phi) is 15.7. The zero-order chi connectivity index (χ0) is 11.5. The number of thiol groups is 2. The molecule has 0 bridgehead atoms. The average Bonchev–Trinajstić information content (AvgIpc) is 2.81. The number of hydrogen-bond donors (Lipinski definition) is 0. The Balaban J connectivity index is 0.000000210. The summed E-state index contributed by atoms with van der Waals surface area (Å²) in [5.74, 6) is 5.01. The molecule has 0 unspecified atom stereocenters. The van der Waals surface area contributed by atoms with Crippen molar-refractivity contribution in [2.24, 2.45) is 0 Å². The van der Waals surface area contributed by atoms with Gasteiger partial charge in [-0.05, 0) is 0 Å². The van der Waals surface area contributed by atoms with E-state index in [1.54, 1.807) is 0 Å². The van der Waals surface area contributed by atoms with E-state index < -0.39 is 0 Å². The van der Waals surface area contributed by atoms with Gasteiger partial charge in [0.2, 0.25) is 0 Å². The van der Waals surface area contributed by atoms with Crippen LogP contribution >= 0.6 is 66.4 Å². The fraction of sp³-hybridized carbons (Fsp3) is 0.667. The van der Waals surface area contributed by atoms with Crippen molar-refractivity contribution >= 4 is 97.9 Å². The monoisotopic (exact) mass is 446 g/mol. The van der Waals surface area contributed by atoms with Crippen LogP contribution in [0.15, 0.2) is 0 Å². The smallest absolute Gasteiger partial charge is 0.0571 e. The van der Waals surface area contributed by atoms with Gasteiger partial charge in [0, 0.05) is 23.0 Å². The summed E-state index contributed by atoms with van der Waals surface area (Å²) in [5, 5.41) is 0. The molecule has 2 heterocycles. The van der Waals surface area contributed by atoms with Crippen molar-refractivity contribution in [2.45, 2.75) is 0 Å². The van der Waals surface area contributed by atoms with Gasteiger partial charge in [-0.1, -0.05) is 47.0 Å². The molecule has 0 atom stereocenters. The van der Waals surface area contributed by atoms with Crippen LogP contribution in [0.3, 0.4) is 0 Å². The average molecular weight is 447 g/mol. The number of halogens is 2. The second-order valence-electron chi connectivity index (χ2n) is 1.98. The van der Waals surface area contributed by atoms with Gasteiger partial charge in [0.1, 0.15) is 0 Å². The summed E-state index contributed by atoms with van der Waals surface area (Å²) >= 11 is 15.3. The van der Waals surface area contributed by atoms with Gasteiger partial charge in [0.05, 0.1) is 0 Å². The Morgan fingerprint density at radius 2 is 1.00 bits per heavy atom. The first-order valence-electron chi connectivity index (χ1n) is 3.69. The first kappa shape index (κ1) is 17.8. The maximum absolute atomic E-state index is 4.85. The first-order chi connectivity index (χ1) is 7.20. The van der Waals surface area contributed by atoms with E-state index in [0.717, 1.165) is 0 Å². The van der Waals surface area contributed by atoms with E-state index in [-0.39, 0.29) is 15.1 Å². The van der Waals surface area contributed by atoms with Gasteiger partial charge >= 0.3 is 34.5 Å². The summed E-state index contributed by atoms with van der Waals surface area (Å²) in [6, 6.07) is 0. The van der Waals surface area contributed by atoms with Crippen molar-refractivity contribution in [3.05, 3.63) is 0 Å². The van der Waals surface area contributed by atoms with Crippen LogP contribution in [0.2, 0.25) is 0 Å². The largest absolute Gasteiger partial charge is 0.289 e. The second-order valence-corrected chi connectivity index (χ2v) is 11.7. The van der Waals surface area contributed by atoms with E-state index >= 15 is 0 Å². The van der Waals surface area contributed by atoms with Crippen LogP contribution < -0.4 is 0 Å². The third kappa shape index (κ3) is 13.0. The van der Waals surface area contributed by atoms with Crippen LogP contribution in [0.25, 0.3) is 0 Å². The number of hydrogen-bond acceptors (Lipinski definition) is 4. The van der Waals surface area contributed by atoms with Crippen LogP contribution in [0.4, 0.5) is 0 Å². The van der Waals surface area contributed by atoms with Gasteiger partial charge < -0.3 is 0 Å². The molecule has 0 amide bonds. The van der Waals surface area contributed by atoms with Crippen molar-refractivity contribution in [2.75, 3.05) is 23.0 Å². The predicted octanol–water partition coefficient (Wildman–Crippen LogP) is 3.04. The van der Waals surface area contributed by atoms with Crippen LogP contribution in [-0.4, -0.2) is 30.1 Å². The molecule has 9 heteroatoms. The van der Waals surface area contributed by atoms with Crippen molar-refractivity contribution in [1.82, 2.24) is 0 Å². The van der Waals surface area contributed by atoms with Crippen molar-refractivity contribution in [3.63, 3.8) is 0 Å². The predicted molar refractivity (Wildman–Crippen MR) is 89.1 cm³/mol. The molecule has 90 valence electrons. The summed E-state index contributed by atoms with van der Waals surface area (Å²) in [7, 11) is 9.71. The molecule has 0 saturated carbocycles. The molecule has 0 radical (unpaired) electrons. The topological polar surface area (TPSA) is 0 Å².